The van der Waals surface area contributed by atoms with Crippen molar-refractivity contribution in [3.05, 3.63) is 27.9 Å². The van der Waals surface area contributed by atoms with Crippen molar-refractivity contribution in [2.75, 3.05) is 4.72 Å². The third-order valence-corrected chi connectivity index (χ3v) is 4.73. The molecule has 20 heavy (non-hydrogen) atoms. The minimum absolute atomic E-state index is 0.179. The Labute approximate surface area is 122 Å². The first-order valence-electron chi connectivity index (χ1n) is 5.29. The van der Waals surface area contributed by atoms with Gasteiger partial charge in [-0.15, -0.1) is 0 Å². The number of carboxylic acids is 1. The summed E-state index contributed by atoms with van der Waals surface area (Å²) in [4.78, 5) is 10.5. The van der Waals surface area contributed by atoms with Crippen molar-refractivity contribution >= 4 is 37.6 Å². The fourth-order valence-electron chi connectivity index (χ4n) is 1.53. The first-order valence-corrected chi connectivity index (χ1v) is 7.57. The van der Waals surface area contributed by atoms with Crippen LogP contribution in [-0.2, 0) is 10.0 Å². The number of aromatic nitrogens is 2. The zero-order valence-electron chi connectivity index (χ0n) is 10.4. The van der Waals surface area contributed by atoms with E-state index in [1.54, 1.807) is 13.8 Å². The molecule has 0 spiro atoms. The Morgan fingerprint density at radius 3 is 2.60 bits per heavy atom. The van der Waals surface area contributed by atoms with E-state index < -0.39 is 21.8 Å². The third kappa shape index (κ3) is 2.56. The summed E-state index contributed by atoms with van der Waals surface area (Å²) in [6, 6.07) is 0.930. The molecule has 2 aromatic rings. The SMILES string of the molecule is Cc1n[nH]c(C)c1NS(=O)(=O)c1cc(C(=O)O)oc1Br. The highest BCUT2D eigenvalue weighted by molar-refractivity contribution is 9.10. The van der Waals surface area contributed by atoms with Crippen LogP contribution in [0.4, 0.5) is 5.69 Å². The van der Waals surface area contributed by atoms with Gasteiger partial charge in [-0.2, -0.15) is 5.10 Å². The van der Waals surface area contributed by atoms with Crippen LogP contribution in [0.3, 0.4) is 0 Å². The number of rotatable bonds is 4. The van der Waals surface area contributed by atoms with E-state index in [2.05, 4.69) is 30.8 Å². The van der Waals surface area contributed by atoms with Crippen molar-refractivity contribution in [1.82, 2.24) is 10.2 Å². The largest absolute Gasteiger partial charge is 0.475 e. The summed E-state index contributed by atoms with van der Waals surface area (Å²) in [5.74, 6) is -1.83. The number of hydrogen-bond donors (Lipinski definition) is 3. The van der Waals surface area contributed by atoms with E-state index in [9.17, 15) is 13.2 Å². The lowest BCUT2D eigenvalue weighted by molar-refractivity contribution is 0.0661. The molecule has 0 saturated heterocycles. The van der Waals surface area contributed by atoms with Crippen molar-refractivity contribution in [2.24, 2.45) is 0 Å². The Bertz CT molecular complexity index is 757. The molecule has 0 aliphatic rings. The summed E-state index contributed by atoms with van der Waals surface area (Å²) < 4.78 is 31.4. The third-order valence-electron chi connectivity index (χ3n) is 2.52. The molecule has 10 heteroatoms. The number of carboxylic acid groups (broad SMARTS) is 1. The molecule has 8 nitrogen and oxygen atoms in total. The Hall–Kier alpha value is -1.81. The molecule has 0 aromatic carbocycles. The van der Waals surface area contributed by atoms with Crippen LogP contribution in [0, 0.1) is 13.8 Å². The highest BCUT2D eigenvalue weighted by atomic mass is 79.9. The average molecular weight is 364 g/mol. The van der Waals surface area contributed by atoms with Crippen LogP contribution in [0.1, 0.15) is 21.9 Å². The van der Waals surface area contributed by atoms with E-state index in [-0.39, 0.29) is 9.56 Å². The van der Waals surface area contributed by atoms with Crippen molar-refractivity contribution in [3.63, 3.8) is 0 Å². The number of halogens is 1. The zero-order chi connectivity index (χ0) is 15.1. The number of hydrogen-bond acceptors (Lipinski definition) is 5. The fourth-order valence-corrected chi connectivity index (χ4v) is 3.65. The predicted octanol–water partition coefficient (Wildman–Crippen LogP) is 1.88. The number of aromatic amines is 1. The van der Waals surface area contributed by atoms with E-state index in [0.29, 0.717) is 17.1 Å². The van der Waals surface area contributed by atoms with E-state index in [4.69, 9.17) is 9.52 Å². The quantitative estimate of drug-likeness (QED) is 0.761. The number of H-pyrrole nitrogens is 1. The van der Waals surface area contributed by atoms with Crippen LogP contribution < -0.4 is 4.72 Å². The molecule has 2 heterocycles. The Balaban J connectivity index is 2.43. The summed E-state index contributed by atoms with van der Waals surface area (Å²) in [6.07, 6.45) is 0. The van der Waals surface area contributed by atoms with Crippen LogP contribution in [-0.4, -0.2) is 29.7 Å². The molecule has 0 bridgehead atoms. The average Bonchev–Trinajstić information content (AvgIpc) is 2.87. The maximum Gasteiger partial charge on any atom is 0.371 e. The summed E-state index contributed by atoms with van der Waals surface area (Å²) in [5, 5.41) is 15.3. The van der Waals surface area contributed by atoms with E-state index in [1.165, 1.54) is 0 Å². The van der Waals surface area contributed by atoms with E-state index >= 15 is 0 Å². The lowest BCUT2D eigenvalue weighted by atomic mass is 10.3. The normalized spacial score (nSPS) is 11.6. The molecule has 3 N–H and O–H groups in total. The molecule has 108 valence electrons. The molecule has 2 aromatic heterocycles. The van der Waals surface area contributed by atoms with Gasteiger partial charge in [0.05, 0.1) is 17.1 Å². The standard InChI is InChI=1S/C10H10BrN3O5S/c1-4-8(5(2)13-12-4)14-20(17,18)7-3-6(10(15)16)19-9(7)11/h3,14H,1-2H3,(H,12,13)(H,15,16). The Morgan fingerprint density at radius 1 is 1.50 bits per heavy atom. The van der Waals surface area contributed by atoms with Gasteiger partial charge in [0, 0.05) is 6.07 Å². The number of aromatic carboxylic acids is 1. The van der Waals surface area contributed by atoms with Gasteiger partial charge >= 0.3 is 5.97 Å². The van der Waals surface area contributed by atoms with Crippen LogP contribution in [0.15, 0.2) is 20.0 Å². The topological polar surface area (TPSA) is 125 Å². The lowest BCUT2D eigenvalue weighted by Crippen LogP contribution is -2.13. The maximum atomic E-state index is 12.2. The van der Waals surface area contributed by atoms with Gasteiger partial charge in [-0.3, -0.25) is 9.82 Å². The van der Waals surface area contributed by atoms with Gasteiger partial charge in [0.25, 0.3) is 10.0 Å². The summed E-state index contributed by atoms with van der Waals surface area (Å²) >= 11 is 2.89. The number of nitrogens with one attached hydrogen (secondary N) is 2. The highest BCUT2D eigenvalue weighted by Crippen LogP contribution is 2.29. The minimum Gasteiger partial charge on any atom is -0.475 e. The summed E-state index contributed by atoms with van der Waals surface area (Å²) in [7, 11) is -3.99. The van der Waals surface area contributed by atoms with Crippen molar-refractivity contribution in [2.45, 2.75) is 18.7 Å². The van der Waals surface area contributed by atoms with Gasteiger partial charge in [0.1, 0.15) is 4.90 Å². The minimum atomic E-state index is -3.99. The number of aryl methyl sites for hydroxylation is 2. The molecule has 0 saturated carbocycles. The molecular weight excluding hydrogens is 354 g/mol. The monoisotopic (exact) mass is 363 g/mol. The Morgan fingerprint density at radius 2 is 2.15 bits per heavy atom. The fraction of sp³-hybridized carbons (Fsp3) is 0.200. The van der Waals surface area contributed by atoms with Crippen molar-refractivity contribution in [3.8, 4) is 0 Å². The first-order chi connectivity index (χ1) is 9.22. The second kappa shape index (κ2) is 4.94. The molecule has 0 atom stereocenters. The summed E-state index contributed by atoms with van der Waals surface area (Å²) in [5.41, 5.74) is 1.34. The smallest absolute Gasteiger partial charge is 0.371 e. The lowest BCUT2D eigenvalue weighted by Gasteiger charge is -2.06. The maximum absolute atomic E-state index is 12.2. The molecule has 0 amide bonds. The van der Waals surface area contributed by atoms with Gasteiger partial charge in [-0.05, 0) is 29.8 Å². The van der Waals surface area contributed by atoms with Crippen LogP contribution >= 0.6 is 15.9 Å². The van der Waals surface area contributed by atoms with Gasteiger partial charge in [0.15, 0.2) is 4.67 Å². The molecule has 0 aliphatic heterocycles. The number of furan rings is 1. The molecule has 0 fully saturated rings. The van der Waals surface area contributed by atoms with Crippen LogP contribution in [0.5, 0.6) is 0 Å². The molecule has 2 rings (SSSR count). The predicted molar refractivity (Wildman–Crippen MR) is 72.2 cm³/mol. The van der Waals surface area contributed by atoms with Gasteiger partial charge in [-0.1, -0.05) is 0 Å². The van der Waals surface area contributed by atoms with Crippen molar-refractivity contribution in [1.29, 1.82) is 0 Å². The summed E-state index contributed by atoms with van der Waals surface area (Å²) in [6.45, 7) is 3.29. The second-order valence-electron chi connectivity index (χ2n) is 3.97. The van der Waals surface area contributed by atoms with Gasteiger partial charge in [-0.25, -0.2) is 13.2 Å². The van der Waals surface area contributed by atoms with Gasteiger partial charge in [0.2, 0.25) is 5.76 Å². The number of nitrogens with zero attached hydrogens (tertiary/aromatic N) is 1. The van der Waals surface area contributed by atoms with Crippen LogP contribution in [0.2, 0.25) is 0 Å². The highest BCUT2D eigenvalue weighted by Gasteiger charge is 2.26. The van der Waals surface area contributed by atoms with Gasteiger partial charge < -0.3 is 9.52 Å². The first kappa shape index (κ1) is 14.6. The molecule has 0 unspecified atom stereocenters. The van der Waals surface area contributed by atoms with E-state index in [0.717, 1.165) is 6.07 Å². The second-order valence-corrected chi connectivity index (χ2v) is 6.34. The molecular formula is C10H10BrN3O5S. The van der Waals surface area contributed by atoms with E-state index in [1.807, 2.05) is 0 Å². The molecule has 0 radical (unpaired) electrons. The van der Waals surface area contributed by atoms with Crippen LogP contribution in [0.25, 0.3) is 0 Å². The molecule has 0 aliphatic carbocycles. The number of carbonyl (C=O) groups is 1. The van der Waals surface area contributed by atoms with Crippen molar-refractivity contribution < 1.29 is 22.7 Å². The zero-order valence-corrected chi connectivity index (χ0v) is 12.8. The number of sulfonamides is 1. The Kier molecular flexibility index (Phi) is 3.61. The number of anilines is 1.